The maximum Gasteiger partial charge on any atom is 0.257 e. The number of nitrogens with one attached hydrogen (secondary N) is 1. The average molecular weight is 562 g/mol. The molecule has 1 aliphatic rings. The van der Waals surface area contributed by atoms with Crippen molar-refractivity contribution in [3.63, 3.8) is 0 Å². The predicted molar refractivity (Wildman–Crippen MR) is 160 cm³/mol. The highest BCUT2D eigenvalue weighted by Crippen LogP contribution is 2.36. The number of hydrogen-bond acceptors (Lipinski definition) is 5. The molecule has 40 heavy (non-hydrogen) atoms. The molecule has 0 bridgehead atoms. The van der Waals surface area contributed by atoms with Crippen molar-refractivity contribution in [1.82, 2.24) is 10.2 Å². The molecule has 1 aliphatic heterocycles. The zero-order valence-electron chi connectivity index (χ0n) is 23.5. The molecule has 1 heterocycles. The minimum absolute atomic E-state index is 0.0588. The van der Waals surface area contributed by atoms with Gasteiger partial charge in [0, 0.05) is 30.5 Å². The zero-order valence-corrected chi connectivity index (χ0v) is 24.3. The number of sulfonamides is 1. The Hall–Kier alpha value is -3.62. The van der Waals surface area contributed by atoms with Gasteiger partial charge in [0.05, 0.1) is 30.8 Å². The number of benzene rings is 3. The van der Waals surface area contributed by atoms with Crippen molar-refractivity contribution in [3.8, 4) is 5.75 Å². The number of para-hydroxylation sites is 1. The number of amides is 1. The van der Waals surface area contributed by atoms with E-state index in [1.54, 1.807) is 24.3 Å². The molecule has 212 valence electrons. The summed E-state index contributed by atoms with van der Waals surface area (Å²) in [5.74, 6) is 1.12. The first kappa shape index (κ1) is 29.4. The lowest BCUT2D eigenvalue weighted by atomic mass is 9.97. The lowest BCUT2D eigenvalue weighted by molar-refractivity contribution is -0.122. The summed E-state index contributed by atoms with van der Waals surface area (Å²) in [6.07, 6.45) is 0.575. The van der Waals surface area contributed by atoms with Crippen molar-refractivity contribution in [2.75, 3.05) is 24.5 Å². The van der Waals surface area contributed by atoms with Gasteiger partial charge in [-0.15, -0.1) is 0 Å². The minimum atomic E-state index is -3.92. The fourth-order valence-electron chi connectivity index (χ4n) is 5.28. The number of anilines is 1. The highest BCUT2D eigenvalue weighted by molar-refractivity contribution is 7.95. The van der Waals surface area contributed by atoms with Gasteiger partial charge in [0.15, 0.2) is 0 Å². The van der Waals surface area contributed by atoms with Gasteiger partial charge in [-0.1, -0.05) is 81.1 Å². The van der Waals surface area contributed by atoms with Crippen LogP contribution in [0.2, 0.25) is 0 Å². The van der Waals surface area contributed by atoms with Gasteiger partial charge in [-0.2, -0.15) is 0 Å². The Balaban J connectivity index is 1.57. The van der Waals surface area contributed by atoms with Gasteiger partial charge < -0.3 is 15.0 Å². The number of ether oxygens (including phenoxy) is 1. The number of fused-ring (bicyclic) bond motifs is 1. The summed E-state index contributed by atoms with van der Waals surface area (Å²) < 4.78 is 33.8. The van der Waals surface area contributed by atoms with Gasteiger partial charge >= 0.3 is 0 Å². The minimum Gasteiger partial charge on any atom is -0.493 e. The van der Waals surface area contributed by atoms with Crippen LogP contribution in [0.3, 0.4) is 0 Å². The van der Waals surface area contributed by atoms with Gasteiger partial charge in [0.2, 0.25) is 5.91 Å². The molecule has 1 amide bonds. The van der Waals surface area contributed by atoms with Crippen LogP contribution in [0.5, 0.6) is 5.75 Å². The van der Waals surface area contributed by atoms with Gasteiger partial charge in [0.25, 0.3) is 10.0 Å². The highest BCUT2D eigenvalue weighted by atomic mass is 32.2. The molecule has 2 unspecified atom stereocenters. The normalized spacial score (nSPS) is 15.7. The number of rotatable bonds is 12. The second kappa shape index (κ2) is 13.2. The first-order valence-corrected chi connectivity index (χ1v) is 15.2. The summed E-state index contributed by atoms with van der Waals surface area (Å²) >= 11 is 0. The Labute approximate surface area is 238 Å². The number of carbonyl (C=O) groups excluding carboxylic acids is 1. The Morgan fingerprint density at radius 1 is 1.07 bits per heavy atom. The lowest BCUT2D eigenvalue weighted by Crippen LogP contribution is -2.39. The van der Waals surface area contributed by atoms with Gasteiger partial charge in [0.1, 0.15) is 5.75 Å². The molecule has 2 atom stereocenters. The molecule has 7 nitrogen and oxygen atoms in total. The molecule has 0 aromatic heterocycles. The number of nitrogens with zero attached hydrogens (tertiary/aromatic N) is 2. The van der Waals surface area contributed by atoms with Gasteiger partial charge in [-0.25, -0.2) is 8.42 Å². The van der Waals surface area contributed by atoms with Crippen molar-refractivity contribution >= 4 is 21.6 Å². The third-order valence-corrected chi connectivity index (χ3v) is 8.36. The third kappa shape index (κ3) is 7.31. The summed E-state index contributed by atoms with van der Waals surface area (Å²) in [5.41, 5.74) is 3.28. The van der Waals surface area contributed by atoms with Crippen molar-refractivity contribution in [2.45, 2.75) is 45.3 Å². The van der Waals surface area contributed by atoms with E-state index in [2.05, 4.69) is 49.8 Å². The third-order valence-electron chi connectivity index (χ3n) is 6.92. The van der Waals surface area contributed by atoms with E-state index in [1.807, 2.05) is 42.5 Å². The SMILES string of the molecule is C=CS(=O)(=O)N(c1ccccc1)C(CC(=O)NC1CCOc2cc(CN(C)CC(C)C)ccc21)c1ccccc1. The fraction of sp³-hybridized carbons (Fsp3) is 0.344. The van der Waals surface area contributed by atoms with E-state index in [-0.39, 0.29) is 18.4 Å². The van der Waals surface area contributed by atoms with E-state index in [0.717, 1.165) is 40.9 Å². The van der Waals surface area contributed by atoms with Crippen LogP contribution in [0, 0.1) is 5.92 Å². The second-order valence-electron chi connectivity index (χ2n) is 10.7. The Morgan fingerprint density at radius 3 is 2.40 bits per heavy atom. The zero-order chi connectivity index (χ0) is 28.7. The van der Waals surface area contributed by atoms with E-state index in [9.17, 15) is 13.2 Å². The Morgan fingerprint density at radius 2 is 1.75 bits per heavy atom. The Kier molecular flexibility index (Phi) is 9.66. The number of carbonyl (C=O) groups is 1. The number of hydrogen-bond donors (Lipinski definition) is 1. The quantitative estimate of drug-likeness (QED) is 0.301. The van der Waals surface area contributed by atoms with Crippen molar-refractivity contribution in [2.24, 2.45) is 5.92 Å². The molecule has 0 fully saturated rings. The molecule has 3 aromatic rings. The summed E-state index contributed by atoms with van der Waals surface area (Å²) in [4.78, 5) is 15.9. The standard InChI is InChI=1S/C32H39N3O4S/c1-5-40(37,38)35(27-14-10-7-11-15-27)30(26-12-8-6-9-13-26)21-32(36)33-29-18-19-39-31-20-25(16-17-28(29)31)23-34(4)22-24(2)3/h5-17,20,24,29-30H,1,18-19,21-23H2,2-4H3,(H,33,36). The molecule has 0 radical (unpaired) electrons. The van der Waals surface area contributed by atoms with Crippen LogP contribution in [0.25, 0.3) is 0 Å². The molecule has 0 aliphatic carbocycles. The van der Waals surface area contributed by atoms with E-state index >= 15 is 0 Å². The van der Waals surface area contributed by atoms with Crippen LogP contribution in [-0.4, -0.2) is 39.4 Å². The first-order valence-electron chi connectivity index (χ1n) is 13.7. The maximum atomic E-state index is 13.6. The fourth-order valence-corrected chi connectivity index (χ4v) is 6.41. The van der Waals surface area contributed by atoms with Crippen LogP contribution in [0.4, 0.5) is 5.69 Å². The molecule has 0 spiro atoms. The first-order chi connectivity index (χ1) is 19.2. The van der Waals surface area contributed by atoms with Crippen LogP contribution in [0.1, 0.15) is 55.5 Å². The molecule has 4 rings (SSSR count). The second-order valence-corrected chi connectivity index (χ2v) is 12.5. The molecule has 3 aromatic carbocycles. The van der Waals surface area contributed by atoms with Gasteiger partial charge in [-0.3, -0.25) is 9.10 Å². The topological polar surface area (TPSA) is 79.0 Å². The highest BCUT2D eigenvalue weighted by Gasteiger charge is 2.32. The smallest absolute Gasteiger partial charge is 0.257 e. The molecular weight excluding hydrogens is 522 g/mol. The van der Waals surface area contributed by atoms with Crippen molar-refractivity contribution in [1.29, 1.82) is 0 Å². The Bertz CT molecular complexity index is 1390. The molecule has 0 saturated carbocycles. The summed E-state index contributed by atoms with van der Waals surface area (Å²) in [7, 11) is -1.81. The van der Waals surface area contributed by atoms with Crippen LogP contribution in [-0.2, 0) is 21.4 Å². The van der Waals surface area contributed by atoms with Crippen LogP contribution < -0.4 is 14.4 Å². The lowest BCUT2D eigenvalue weighted by Gasteiger charge is -2.33. The molecule has 0 saturated heterocycles. The van der Waals surface area contributed by atoms with Crippen LogP contribution in [0.15, 0.2) is 90.8 Å². The predicted octanol–water partition coefficient (Wildman–Crippen LogP) is 5.83. The van der Waals surface area contributed by atoms with E-state index in [4.69, 9.17) is 4.74 Å². The van der Waals surface area contributed by atoms with Gasteiger partial charge in [-0.05, 0) is 42.3 Å². The van der Waals surface area contributed by atoms with Crippen LogP contribution >= 0.6 is 0 Å². The largest absolute Gasteiger partial charge is 0.493 e. The summed E-state index contributed by atoms with van der Waals surface area (Å²) in [6.45, 7) is 10.3. The maximum absolute atomic E-state index is 13.6. The van der Waals surface area contributed by atoms with Crippen molar-refractivity contribution in [3.05, 3.63) is 108 Å². The monoisotopic (exact) mass is 561 g/mol. The van der Waals surface area contributed by atoms with Crippen molar-refractivity contribution < 1.29 is 17.9 Å². The summed E-state index contributed by atoms with van der Waals surface area (Å²) in [6, 6.07) is 23.2. The van der Waals surface area contributed by atoms with E-state index in [1.165, 1.54) is 4.31 Å². The molecular formula is C32H39N3O4S. The average Bonchev–Trinajstić information content (AvgIpc) is 2.93. The van der Waals surface area contributed by atoms with E-state index in [0.29, 0.717) is 24.6 Å². The van der Waals surface area contributed by atoms with E-state index < -0.39 is 16.1 Å². The summed E-state index contributed by atoms with van der Waals surface area (Å²) in [5, 5.41) is 4.09. The molecule has 8 heteroatoms. The molecule has 1 N–H and O–H groups in total.